The van der Waals surface area contributed by atoms with Crippen molar-refractivity contribution in [2.45, 2.75) is 20.4 Å². The Kier molecular flexibility index (Phi) is 2.52. The summed E-state index contributed by atoms with van der Waals surface area (Å²) in [6, 6.07) is 1.86. The second-order valence-corrected chi connectivity index (χ2v) is 2.97. The minimum Gasteiger partial charge on any atom is -0.480 e. The van der Waals surface area contributed by atoms with Crippen LogP contribution in [0.5, 0.6) is 5.88 Å². The van der Waals surface area contributed by atoms with Crippen molar-refractivity contribution in [3.8, 4) is 5.88 Å². The second kappa shape index (κ2) is 3.42. The lowest BCUT2D eigenvalue weighted by molar-refractivity contribution is 0.381. The van der Waals surface area contributed by atoms with Crippen molar-refractivity contribution >= 4 is 0 Å². The Morgan fingerprint density at radius 1 is 1.64 bits per heavy atom. The maximum atomic E-state index is 4.94. The first-order chi connectivity index (χ1) is 5.22. The molecule has 1 heterocycles. The number of rotatable bonds is 3. The minimum absolute atomic E-state index is 0.625. The van der Waals surface area contributed by atoms with Crippen LogP contribution in [-0.4, -0.2) is 16.9 Å². The molecule has 0 atom stereocenters. The summed E-state index contributed by atoms with van der Waals surface area (Å²) in [5.41, 5.74) is 0. The van der Waals surface area contributed by atoms with Crippen LogP contribution in [0.2, 0.25) is 0 Å². The van der Waals surface area contributed by atoms with Crippen molar-refractivity contribution in [1.82, 2.24) is 9.78 Å². The van der Waals surface area contributed by atoms with Gasteiger partial charge in [-0.1, -0.05) is 13.8 Å². The van der Waals surface area contributed by atoms with E-state index in [2.05, 4.69) is 18.9 Å². The number of methoxy groups -OCH3 is 1. The van der Waals surface area contributed by atoms with Crippen molar-refractivity contribution in [2.75, 3.05) is 7.11 Å². The summed E-state index contributed by atoms with van der Waals surface area (Å²) in [7, 11) is 1.63. The third-order valence-electron chi connectivity index (χ3n) is 1.38. The number of nitrogens with zero attached hydrogens (tertiary/aromatic N) is 2. The van der Waals surface area contributed by atoms with Gasteiger partial charge in [-0.3, -0.25) is 4.68 Å². The molecule has 0 saturated heterocycles. The fraction of sp³-hybridized carbons (Fsp3) is 0.625. The molecule has 0 N–H and O–H groups in total. The lowest BCUT2D eigenvalue weighted by atomic mass is 10.2. The van der Waals surface area contributed by atoms with Gasteiger partial charge in [0.1, 0.15) is 0 Å². The summed E-state index contributed by atoms with van der Waals surface area (Å²) in [5, 5.41) is 4.16. The molecule has 3 heteroatoms. The second-order valence-electron chi connectivity index (χ2n) is 2.97. The van der Waals surface area contributed by atoms with E-state index >= 15 is 0 Å². The summed E-state index contributed by atoms with van der Waals surface area (Å²) in [6.07, 6.45) is 1.93. The number of hydrogen-bond donors (Lipinski definition) is 0. The molecule has 1 aromatic rings. The Labute approximate surface area is 67.0 Å². The van der Waals surface area contributed by atoms with E-state index in [9.17, 15) is 0 Å². The molecule has 0 radical (unpaired) electrons. The molecule has 0 amide bonds. The summed E-state index contributed by atoms with van der Waals surface area (Å²) in [4.78, 5) is 0. The first kappa shape index (κ1) is 8.11. The largest absolute Gasteiger partial charge is 0.480 e. The Balaban J connectivity index is 2.58. The van der Waals surface area contributed by atoms with Gasteiger partial charge >= 0.3 is 0 Å². The molecule has 1 rings (SSSR count). The number of hydrogen-bond acceptors (Lipinski definition) is 2. The molecule has 3 nitrogen and oxygen atoms in total. The Hall–Kier alpha value is -0.990. The minimum atomic E-state index is 0.625. The first-order valence-electron chi connectivity index (χ1n) is 3.80. The highest BCUT2D eigenvalue weighted by Gasteiger charge is 1.99. The van der Waals surface area contributed by atoms with Crippen LogP contribution in [0, 0.1) is 5.92 Å². The fourth-order valence-electron chi connectivity index (χ4n) is 0.928. The van der Waals surface area contributed by atoms with Crippen LogP contribution in [-0.2, 0) is 6.54 Å². The van der Waals surface area contributed by atoms with Gasteiger partial charge in [-0.25, -0.2) is 0 Å². The zero-order valence-electron chi connectivity index (χ0n) is 7.24. The Morgan fingerprint density at radius 3 is 2.82 bits per heavy atom. The van der Waals surface area contributed by atoms with E-state index in [0.717, 1.165) is 6.54 Å². The van der Waals surface area contributed by atoms with Gasteiger partial charge in [0.05, 0.1) is 7.11 Å². The normalized spacial score (nSPS) is 10.5. The van der Waals surface area contributed by atoms with Crippen LogP contribution in [0.25, 0.3) is 0 Å². The quantitative estimate of drug-likeness (QED) is 0.660. The average Bonchev–Trinajstić information content (AvgIpc) is 2.34. The summed E-state index contributed by atoms with van der Waals surface area (Å²) in [6.45, 7) is 5.27. The van der Waals surface area contributed by atoms with Gasteiger partial charge in [-0.2, -0.15) is 0 Å². The average molecular weight is 154 g/mol. The SMILES string of the molecule is COc1ccn(CC(C)C)n1. The van der Waals surface area contributed by atoms with E-state index in [0.29, 0.717) is 11.8 Å². The monoisotopic (exact) mass is 154 g/mol. The van der Waals surface area contributed by atoms with E-state index in [1.807, 2.05) is 16.9 Å². The maximum Gasteiger partial charge on any atom is 0.232 e. The molecule has 0 aliphatic carbocycles. The summed E-state index contributed by atoms with van der Waals surface area (Å²) < 4.78 is 6.84. The lowest BCUT2D eigenvalue weighted by Crippen LogP contribution is -2.04. The van der Waals surface area contributed by atoms with E-state index in [1.54, 1.807) is 7.11 Å². The van der Waals surface area contributed by atoms with Gasteiger partial charge in [0, 0.05) is 18.8 Å². The van der Waals surface area contributed by atoms with Gasteiger partial charge < -0.3 is 4.74 Å². The third-order valence-corrected chi connectivity index (χ3v) is 1.38. The van der Waals surface area contributed by atoms with Crippen LogP contribution in [0.4, 0.5) is 0 Å². The van der Waals surface area contributed by atoms with Gasteiger partial charge in [0.25, 0.3) is 0 Å². The predicted molar refractivity (Wildman–Crippen MR) is 43.6 cm³/mol. The molecule has 0 spiro atoms. The van der Waals surface area contributed by atoms with Crippen LogP contribution in [0.3, 0.4) is 0 Å². The van der Waals surface area contributed by atoms with E-state index in [-0.39, 0.29) is 0 Å². The maximum absolute atomic E-state index is 4.94. The standard InChI is InChI=1S/C8H14N2O/c1-7(2)6-10-5-4-8(9-10)11-3/h4-5,7H,6H2,1-3H3. The molecule has 0 aliphatic rings. The number of aromatic nitrogens is 2. The highest BCUT2D eigenvalue weighted by atomic mass is 16.5. The van der Waals surface area contributed by atoms with Crippen molar-refractivity contribution < 1.29 is 4.74 Å². The van der Waals surface area contributed by atoms with E-state index < -0.39 is 0 Å². The summed E-state index contributed by atoms with van der Waals surface area (Å²) in [5.74, 6) is 1.31. The van der Waals surface area contributed by atoms with E-state index in [4.69, 9.17) is 4.74 Å². The van der Waals surface area contributed by atoms with Gasteiger partial charge in [0.2, 0.25) is 5.88 Å². The molecule has 62 valence electrons. The van der Waals surface area contributed by atoms with Crippen molar-refractivity contribution in [3.05, 3.63) is 12.3 Å². The zero-order chi connectivity index (χ0) is 8.27. The molecule has 1 aromatic heterocycles. The third kappa shape index (κ3) is 2.26. The molecule has 0 saturated carbocycles. The van der Waals surface area contributed by atoms with Crippen molar-refractivity contribution in [1.29, 1.82) is 0 Å². The van der Waals surface area contributed by atoms with Crippen LogP contribution >= 0.6 is 0 Å². The number of ether oxygens (including phenoxy) is 1. The molecule has 0 aliphatic heterocycles. The van der Waals surface area contributed by atoms with Gasteiger partial charge in [-0.05, 0) is 5.92 Å². The van der Waals surface area contributed by atoms with Gasteiger partial charge in [-0.15, -0.1) is 5.10 Å². The van der Waals surface area contributed by atoms with Gasteiger partial charge in [0.15, 0.2) is 0 Å². The molecule has 0 aromatic carbocycles. The van der Waals surface area contributed by atoms with Crippen LogP contribution < -0.4 is 4.74 Å². The highest BCUT2D eigenvalue weighted by molar-refractivity contribution is 5.04. The Bertz CT molecular complexity index is 218. The predicted octanol–water partition coefficient (Wildman–Crippen LogP) is 1.55. The molecule has 0 unspecified atom stereocenters. The molecule has 0 bridgehead atoms. The van der Waals surface area contributed by atoms with Crippen LogP contribution in [0.15, 0.2) is 12.3 Å². The first-order valence-corrected chi connectivity index (χ1v) is 3.80. The smallest absolute Gasteiger partial charge is 0.232 e. The Morgan fingerprint density at radius 2 is 2.36 bits per heavy atom. The fourth-order valence-corrected chi connectivity index (χ4v) is 0.928. The topological polar surface area (TPSA) is 27.1 Å². The van der Waals surface area contributed by atoms with Crippen LogP contribution in [0.1, 0.15) is 13.8 Å². The van der Waals surface area contributed by atoms with Crippen molar-refractivity contribution in [2.24, 2.45) is 5.92 Å². The molecule has 0 fully saturated rings. The lowest BCUT2D eigenvalue weighted by Gasteiger charge is -2.03. The highest BCUT2D eigenvalue weighted by Crippen LogP contribution is 2.05. The summed E-state index contributed by atoms with van der Waals surface area (Å²) >= 11 is 0. The zero-order valence-corrected chi connectivity index (χ0v) is 7.24. The molecular weight excluding hydrogens is 140 g/mol. The molecule has 11 heavy (non-hydrogen) atoms. The van der Waals surface area contributed by atoms with E-state index in [1.165, 1.54) is 0 Å². The molecular formula is C8H14N2O. The van der Waals surface area contributed by atoms with Crippen molar-refractivity contribution in [3.63, 3.8) is 0 Å².